The summed E-state index contributed by atoms with van der Waals surface area (Å²) in [6, 6.07) is 19.6. The van der Waals surface area contributed by atoms with Crippen molar-refractivity contribution >= 4 is 0 Å². The zero-order valence-corrected chi connectivity index (χ0v) is 18.8. The Hall–Kier alpha value is -2.61. The molecular weight excluding hydrogens is 400 g/mol. The van der Waals surface area contributed by atoms with Gasteiger partial charge in [-0.25, -0.2) is 4.68 Å². The highest BCUT2D eigenvalue weighted by Crippen LogP contribution is 2.29. The normalized spacial score (nSPS) is 21.1. The second-order valence-electron chi connectivity index (χ2n) is 8.97. The first-order valence-electron chi connectivity index (χ1n) is 11.7. The van der Waals surface area contributed by atoms with Gasteiger partial charge in [-0.2, -0.15) is 0 Å². The highest BCUT2D eigenvalue weighted by molar-refractivity contribution is 5.28. The fraction of sp³-hybridized carbons (Fsp3) is 0.480. The molecule has 2 fully saturated rings. The quantitative estimate of drug-likeness (QED) is 0.572. The molecule has 0 radical (unpaired) electrons. The van der Waals surface area contributed by atoms with E-state index >= 15 is 0 Å². The highest BCUT2D eigenvalue weighted by atomic mass is 16.5. The van der Waals surface area contributed by atoms with E-state index in [1.54, 1.807) is 0 Å². The SMILES string of the molecule is Cc1ccc([C@@H](c2nnnn2C[C@H]2CCCO2)N2CCN(Cc3ccccc3)CC2)cc1. The van der Waals surface area contributed by atoms with Crippen LogP contribution in [0.3, 0.4) is 0 Å². The standard InChI is InChI=1S/C25H32N6O/c1-20-9-11-22(12-10-20)24(25-26-27-28-31(25)19-23-8-5-17-32-23)30-15-13-29(14-16-30)18-21-6-3-2-4-7-21/h2-4,6-7,9-12,23-24H,5,8,13-19H2,1H3/t23-,24+/m1/s1. The van der Waals surface area contributed by atoms with Crippen LogP contribution in [-0.2, 0) is 17.8 Å². The number of rotatable bonds is 7. The molecule has 0 unspecified atom stereocenters. The van der Waals surface area contributed by atoms with Gasteiger partial charge >= 0.3 is 0 Å². The van der Waals surface area contributed by atoms with Gasteiger partial charge in [-0.1, -0.05) is 60.2 Å². The Labute approximate surface area is 190 Å². The Morgan fingerprint density at radius 1 is 1.00 bits per heavy atom. The molecule has 0 amide bonds. The van der Waals surface area contributed by atoms with Gasteiger partial charge in [0.1, 0.15) is 0 Å². The molecule has 0 spiro atoms. The van der Waals surface area contributed by atoms with Crippen LogP contribution in [-0.4, -0.2) is 68.9 Å². The Morgan fingerprint density at radius 3 is 2.50 bits per heavy atom. The van der Waals surface area contributed by atoms with Crippen molar-refractivity contribution in [2.45, 2.75) is 45.0 Å². The van der Waals surface area contributed by atoms with Crippen LogP contribution in [0.4, 0.5) is 0 Å². The van der Waals surface area contributed by atoms with E-state index in [9.17, 15) is 0 Å². The van der Waals surface area contributed by atoms with Crippen molar-refractivity contribution in [3.63, 3.8) is 0 Å². The molecular formula is C25H32N6O. The van der Waals surface area contributed by atoms with E-state index in [0.29, 0.717) is 0 Å². The maximum atomic E-state index is 5.86. The first-order chi connectivity index (χ1) is 15.8. The minimum Gasteiger partial charge on any atom is -0.376 e. The number of tetrazole rings is 1. The first kappa shape index (κ1) is 21.2. The average molecular weight is 433 g/mol. The molecule has 2 aromatic carbocycles. The van der Waals surface area contributed by atoms with E-state index in [4.69, 9.17) is 4.74 Å². The van der Waals surface area contributed by atoms with Gasteiger partial charge in [0.15, 0.2) is 5.82 Å². The van der Waals surface area contributed by atoms with Crippen LogP contribution in [0, 0.1) is 6.92 Å². The molecule has 7 heteroatoms. The summed E-state index contributed by atoms with van der Waals surface area (Å²) >= 11 is 0. The molecule has 2 aliphatic rings. The Kier molecular flexibility index (Phi) is 6.57. The zero-order chi connectivity index (χ0) is 21.8. The molecule has 7 nitrogen and oxygen atoms in total. The van der Waals surface area contributed by atoms with E-state index < -0.39 is 0 Å². The molecule has 168 valence electrons. The molecule has 0 saturated carbocycles. The van der Waals surface area contributed by atoms with Crippen LogP contribution in [0.2, 0.25) is 0 Å². The first-order valence-corrected chi connectivity index (χ1v) is 11.7. The summed E-state index contributed by atoms with van der Waals surface area (Å²) in [5.74, 6) is 0.917. The second-order valence-corrected chi connectivity index (χ2v) is 8.97. The third kappa shape index (κ3) is 4.90. The predicted molar refractivity (Wildman–Crippen MR) is 123 cm³/mol. The van der Waals surface area contributed by atoms with Crippen molar-refractivity contribution < 1.29 is 4.74 Å². The van der Waals surface area contributed by atoms with Gasteiger partial charge in [0.2, 0.25) is 0 Å². The van der Waals surface area contributed by atoms with E-state index in [2.05, 4.69) is 86.8 Å². The summed E-state index contributed by atoms with van der Waals surface area (Å²) in [5, 5.41) is 12.9. The molecule has 3 heterocycles. The number of hydrogen-bond donors (Lipinski definition) is 0. The Bertz CT molecular complexity index is 975. The molecule has 0 bridgehead atoms. The summed E-state index contributed by atoms with van der Waals surface area (Å²) in [5.41, 5.74) is 3.88. The van der Waals surface area contributed by atoms with Crippen molar-refractivity contribution in [3.8, 4) is 0 Å². The molecule has 0 N–H and O–H groups in total. The number of piperazine rings is 1. The van der Waals surface area contributed by atoms with Gasteiger partial charge in [0.05, 0.1) is 18.7 Å². The van der Waals surface area contributed by atoms with Crippen LogP contribution >= 0.6 is 0 Å². The zero-order valence-electron chi connectivity index (χ0n) is 18.8. The summed E-state index contributed by atoms with van der Waals surface area (Å²) in [6.45, 7) is 8.72. The fourth-order valence-corrected chi connectivity index (χ4v) is 4.81. The lowest BCUT2D eigenvalue weighted by Gasteiger charge is -2.39. The van der Waals surface area contributed by atoms with Gasteiger partial charge < -0.3 is 4.74 Å². The van der Waals surface area contributed by atoms with Gasteiger partial charge in [-0.05, 0) is 41.3 Å². The monoisotopic (exact) mass is 432 g/mol. The number of aryl methyl sites for hydroxylation is 1. The predicted octanol–water partition coefficient (Wildman–Crippen LogP) is 3.07. The maximum absolute atomic E-state index is 5.86. The van der Waals surface area contributed by atoms with Gasteiger partial charge in [0.25, 0.3) is 0 Å². The third-order valence-corrected chi connectivity index (χ3v) is 6.62. The molecule has 5 rings (SSSR count). The molecule has 1 aromatic heterocycles. The summed E-state index contributed by atoms with van der Waals surface area (Å²) in [4.78, 5) is 5.07. The number of aromatic nitrogens is 4. The van der Waals surface area contributed by atoms with Crippen LogP contribution in [0.1, 0.15) is 41.4 Å². The number of nitrogens with zero attached hydrogens (tertiary/aromatic N) is 6. The molecule has 3 aromatic rings. The maximum Gasteiger partial charge on any atom is 0.173 e. The Balaban J connectivity index is 1.35. The van der Waals surface area contributed by atoms with Crippen molar-refractivity contribution in [2.24, 2.45) is 0 Å². The summed E-state index contributed by atoms with van der Waals surface area (Å²) in [7, 11) is 0. The molecule has 2 atom stereocenters. The lowest BCUT2D eigenvalue weighted by molar-refractivity contribution is 0.0841. The fourth-order valence-electron chi connectivity index (χ4n) is 4.81. The van der Waals surface area contributed by atoms with Gasteiger partial charge in [-0.15, -0.1) is 5.10 Å². The average Bonchev–Trinajstić information content (AvgIpc) is 3.50. The molecule has 0 aliphatic carbocycles. The van der Waals surface area contributed by atoms with E-state index in [1.807, 2.05) is 4.68 Å². The van der Waals surface area contributed by atoms with Crippen LogP contribution < -0.4 is 0 Å². The van der Waals surface area contributed by atoms with E-state index in [-0.39, 0.29) is 12.1 Å². The topological polar surface area (TPSA) is 59.3 Å². The van der Waals surface area contributed by atoms with Crippen LogP contribution in [0.25, 0.3) is 0 Å². The smallest absolute Gasteiger partial charge is 0.173 e. The van der Waals surface area contributed by atoms with Crippen molar-refractivity contribution in [1.82, 2.24) is 30.0 Å². The van der Waals surface area contributed by atoms with Crippen molar-refractivity contribution in [2.75, 3.05) is 32.8 Å². The largest absolute Gasteiger partial charge is 0.376 e. The second kappa shape index (κ2) is 9.90. The minimum absolute atomic E-state index is 0.0471. The van der Waals surface area contributed by atoms with Crippen LogP contribution in [0.15, 0.2) is 54.6 Å². The minimum atomic E-state index is 0.0471. The number of ether oxygens (including phenoxy) is 1. The highest BCUT2D eigenvalue weighted by Gasteiger charge is 2.31. The van der Waals surface area contributed by atoms with Gasteiger partial charge in [-0.3, -0.25) is 9.80 Å². The van der Waals surface area contributed by atoms with Gasteiger partial charge in [0, 0.05) is 39.3 Å². The third-order valence-electron chi connectivity index (χ3n) is 6.62. The van der Waals surface area contributed by atoms with Crippen LogP contribution in [0.5, 0.6) is 0 Å². The van der Waals surface area contributed by atoms with Crippen molar-refractivity contribution in [3.05, 3.63) is 77.1 Å². The van der Waals surface area contributed by atoms with E-state index in [1.165, 1.54) is 16.7 Å². The molecule has 2 saturated heterocycles. The number of hydrogen-bond acceptors (Lipinski definition) is 6. The van der Waals surface area contributed by atoms with E-state index in [0.717, 1.165) is 64.5 Å². The number of benzene rings is 2. The summed E-state index contributed by atoms with van der Waals surface area (Å²) in [6.07, 6.45) is 2.40. The lowest BCUT2D eigenvalue weighted by atomic mass is 10.0. The Morgan fingerprint density at radius 2 is 1.78 bits per heavy atom. The molecule has 32 heavy (non-hydrogen) atoms. The summed E-state index contributed by atoms with van der Waals surface area (Å²) < 4.78 is 7.83. The van der Waals surface area contributed by atoms with Crippen molar-refractivity contribution in [1.29, 1.82) is 0 Å². The lowest BCUT2D eigenvalue weighted by Crippen LogP contribution is -2.48. The molecule has 2 aliphatic heterocycles.